The first-order chi connectivity index (χ1) is 17.9. The Morgan fingerprint density at radius 2 is 2.08 bits per heavy atom. The van der Waals surface area contributed by atoms with Crippen molar-refractivity contribution in [2.45, 2.75) is 12.7 Å². The number of rotatable bonds is 7. The molecule has 0 radical (unpaired) electrons. The van der Waals surface area contributed by atoms with Gasteiger partial charge in [0.15, 0.2) is 11.6 Å². The lowest BCUT2D eigenvalue weighted by Gasteiger charge is -2.25. The zero-order chi connectivity index (χ0) is 26.4. The van der Waals surface area contributed by atoms with Crippen molar-refractivity contribution in [1.82, 2.24) is 20.4 Å². The first-order valence-corrected chi connectivity index (χ1v) is 11.6. The molecule has 0 saturated carbocycles. The number of ether oxygens (including phenoxy) is 2. The molecule has 0 aliphatic carbocycles. The summed E-state index contributed by atoms with van der Waals surface area (Å²) in [5, 5.41) is 2.57. The highest BCUT2D eigenvalue weighted by atomic mass is 19.1. The fourth-order valence-electron chi connectivity index (χ4n) is 4.08. The number of hydrogen-bond donors (Lipinski definition) is 3. The quantitative estimate of drug-likeness (QED) is 0.353. The predicted molar refractivity (Wildman–Crippen MR) is 128 cm³/mol. The highest BCUT2D eigenvalue weighted by Gasteiger charge is 2.34. The van der Waals surface area contributed by atoms with E-state index in [9.17, 15) is 9.59 Å². The number of nitrogens with two attached hydrogens (primary N) is 1. The van der Waals surface area contributed by atoms with E-state index in [0.29, 0.717) is 5.69 Å². The zero-order valence-electron chi connectivity index (χ0n) is 20.1. The summed E-state index contributed by atoms with van der Waals surface area (Å²) in [4.78, 5) is 31.5. The van der Waals surface area contributed by atoms with Gasteiger partial charge >= 0.3 is 12.2 Å². The molecule has 4 rings (SSSR count). The van der Waals surface area contributed by atoms with Crippen LogP contribution in [0.3, 0.4) is 0 Å². The van der Waals surface area contributed by atoms with Crippen molar-refractivity contribution in [2.24, 2.45) is 5.84 Å². The van der Waals surface area contributed by atoms with Crippen molar-refractivity contribution >= 4 is 23.6 Å². The Hall–Kier alpha value is -4.01. The summed E-state index contributed by atoms with van der Waals surface area (Å²) in [6.45, 7) is 1.03. The average molecular weight is 520 g/mol. The molecule has 2 aliphatic heterocycles. The number of quaternary nitrogens is 1. The third kappa shape index (κ3) is 6.41. The molecular weight excluding hydrogens is 490 g/mol. The second-order valence-electron chi connectivity index (χ2n) is 8.38. The van der Waals surface area contributed by atoms with E-state index in [1.165, 1.54) is 27.3 Å². The Bertz CT molecular complexity index is 1120. The number of anilines is 2. The third-order valence-corrected chi connectivity index (χ3v) is 5.78. The van der Waals surface area contributed by atoms with Gasteiger partial charge in [0.25, 0.3) is 0 Å². The smallest absolute Gasteiger partial charge is 0.424 e. The van der Waals surface area contributed by atoms with Gasteiger partial charge in [-0.25, -0.2) is 34.6 Å². The molecule has 14 heteroatoms. The first kappa shape index (κ1) is 26.1. The summed E-state index contributed by atoms with van der Waals surface area (Å²) in [6.07, 6.45) is 2.68. The van der Waals surface area contributed by atoms with Gasteiger partial charge in [0.2, 0.25) is 0 Å². The number of carbonyl (C=O) groups excluding carboxylic acids is 2. The van der Waals surface area contributed by atoms with Crippen LogP contribution in [0.5, 0.6) is 0 Å². The molecule has 3 heterocycles. The Morgan fingerprint density at radius 3 is 2.78 bits per heavy atom. The lowest BCUT2D eigenvalue weighted by molar-refractivity contribution is -0.276. The number of pyridine rings is 1. The molecular formula is C23H29F2N8O4+. The van der Waals surface area contributed by atoms with E-state index < -0.39 is 29.9 Å². The van der Waals surface area contributed by atoms with Crippen molar-refractivity contribution in [1.29, 1.82) is 0 Å². The van der Waals surface area contributed by atoms with Gasteiger partial charge in [-0.05, 0) is 12.1 Å². The van der Waals surface area contributed by atoms with E-state index in [2.05, 4.69) is 16.1 Å². The van der Waals surface area contributed by atoms with Gasteiger partial charge in [0.1, 0.15) is 24.6 Å². The van der Waals surface area contributed by atoms with E-state index in [0.717, 1.165) is 17.0 Å². The van der Waals surface area contributed by atoms with Gasteiger partial charge in [-0.3, -0.25) is 9.88 Å². The Labute approximate surface area is 211 Å². The molecule has 198 valence electrons. The average Bonchev–Trinajstić information content (AvgIpc) is 3.07. The molecule has 2 fully saturated rings. The number of nitrogens with one attached hydrogen (secondary N) is 1. The number of halogens is 2. The predicted octanol–water partition coefficient (Wildman–Crippen LogP) is 0.537. The molecule has 1 aromatic carbocycles. The van der Waals surface area contributed by atoms with Crippen molar-refractivity contribution in [3.05, 3.63) is 66.3 Å². The fraction of sp³-hybridized carbons (Fsp3) is 0.348. The van der Waals surface area contributed by atoms with Crippen LogP contribution in [-0.4, -0.2) is 72.6 Å². The van der Waals surface area contributed by atoms with E-state index in [1.807, 2.05) is 0 Å². The highest BCUT2D eigenvalue weighted by molar-refractivity contribution is 5.90. The van der Waals surface area contributed by atoms with E-state index >= 15 is 8.78 Å². The number of carbonyl (C=O) groups is 2. The molecule has 2 amide bonds. The number of amides is 2. The molecule has 0 bridgehead atoms. The zero-order valence-corrected chi connectivity index (χ0v) is 20.1. The molecule has 12 nitrogen and oxygen atoms in total. The van der Waals surface area contributed by atoms with Crippen molar-refractivity contribution in [2.75, 3.05) is 49.1 Å². The fourth-order valence-corrected chi connectivity index (χ4v) is 4.08. The number of nitrogens with zero attached hydrogens (tertiary/aromatic N) is 5. The number of cyclic esters (lactones) is 1. The summed E-state index contributed by atoms with van der Waals surface area (Å²) >= 11 is 0. The Kier molecular flexibility index (Phi) is 8.32. The molecule has 2 aliphatic rings. The van der Waals surface area contributed by atoms with Crippen LogP contribution in [0.2, 0.25) is 0 Å². The standard InChI is InChI=1S/C23H28F2N8O4/c24-19-11-17(32-14-18(37-22(32)34)13-31(27)7-4-26)12-20(25)21(19)30-8-6-29-33(10-9-30)23(35)36-15-16-3-1-2-5-28-16/h1-5,7,11-12,18,29H,6,8-10,13-15,26-27H2/p+1. The van der Waals surface area contributed by atoms with Crippen LogP contribution in [0.25, 0.3) is 0 Å². The van der Waals surface area contributed by atoms with Gasteiger partial charge in [-0.1, -0.05) is 6.07 Å². The largest absolute Gasteiger partial charge is 0.442 e. The minimum Gasteiger partial charge on any atom is -0.442 e. The van der Waals surface area contributed by atoms with Gasteiger partial charge in [-0.2, -0.15) is 0 Å². The van der Waals surface area contributed by atoms with Gasteiger partial charge in [0.05, 0.1) is 37.2 Å². The van der Waals surface area contributed by atoms with Crippen LogP contribution in [0.1, 0.15) is 5.69 Å². The second kappa shape index (κ2) is 11.8. The van der Waals surface area contributed by atoms with E-state index in [-0.39, 0.29) is 57.3 Å². The minimum absolute atomic E-state index is 0.00189. The van der Waals surface area contributed by atoms with Crippen LogP contribution >= 0.6 is 0 Å². The van der Waals surface area contributed by atoms with Crippen LogP contribution in [0, 0.1) is 11.6 Å². The highest BCUT2D eigenvalue weighted by Crippen LogP contribution is 2.31. The lowest BCUT2D eigenvalue weighted by Crippen LogP contribution is -2.43. The van der Waals surface area contributed by atoms with Crippen molar-refractivity contribution in [3.63, 3.8) is 0 Å². The minimum atomic E-state index is -0.835. The monoisotopic (exact) mass is 519 g/mol. The number of aromatic nitrogens is 1. The normalized spacial score (nSPS) is 18.2. The molecule has 37 heavy (non-hydrogen) atoms. The summed E-state index contributed by atoms with van der Waals surface area (Å²) in [5.74, 6) is 4.09. The number of benzene rings is 1. The maximum absolute atomic E-state index is 15.1. The second-order valence-corrected chi connectivity index (χ2v) is 8.38. The van der Waals surface area contributed by atoms with E-state index in [4.69, 9.17) is 15.3 Å². The molecule has 0 spiro atoms. The maximum Gasteiger partial charge on any atom is 0.424 e. The maximum atomic E-state index is 15.1. The summed E-state index contributed by atoms with van der Waals surface area (Å²) < 4.78 is 40.8. The van der Waals surface area contributed by atoms with Crippen LogP contribution in [-0.2, 0) is 16.1 Å². The van der Waals surface area contributed by atoms with Gasteiger partial charge < -0.3 is 25.1 Å². The SMILES string of the molecule is NN(C=C[NH3+])CC1CN(c2cc(F)c(N3CCNN(C(=O)OCc4ccccn4)CC3)c(F)c2)C(=O)O1. The Morgan fingerprint density at radius 1 is 1.30 bits per heavy atom. The summed E-state index contributed by atoms with van der Waals surface area (Å²) in [5.41, 5.74) is 6.84. The van der Waals surface area contributed by atoms with Crippen LogP contribution in [0.4, 0.5) is 29.7 Å². The molecule has 1 aromatic heterocycles. The van der Waals surface area contributed by atoms with Crippen LogP contribution < -0.4 is 26.8 Å². The molecule has 2 saturated heterocycles. The molecule has 1 unspecified atom stereocenters. The molecule has 1 atom stereocenters. The topological polar surface area (TPSA) is 144 Å². The summed E-state index contributed by atoms with van der Waals surface area (Å²) in [6, 6.07) is 7.46. The van der Waals surface area contributed by atoms with Crippen molar-refractivity contribution < 1.29 is 33.6 Å². The summed E-state index contributed by atoms with van der Waals surface area (Å²) in [7, 11) is 0. The van der Waals surface area contributed by atoms with Gasteiger partial charge in [0, 0.05) is 38.0 Å². The number of hydrogen-bond acceptors (Lipinski definition) is 9. The Balaban J connectivity index is 1.38. The lowest BCUT2D eigenvalue weighted by atomic mass is 10.2. The molecule has 2 aromatic rings. The third-order valence-electron chi connectivity index (χ3n) is 5.78. The van der Waals surface area contributed by atoms with Gasteiger partial charge in [-0.15, -0.1) is 0 Å². The number of hydrazine groups is 2. The molecule has 6 N–H and O–H groups in total. The van der Waals surface area contributed by atoms with E-state index in [1.54, 1.807) is 24.4 Å². The van der Waals surface area contributed by atoms with Crippen molar-refractivity contribution in [3.8, 4) is 0 Å². The first-order valence-electron chi connectivity index (χ1n) is 11.6. The van der Waals surface area contributed by atoms with Crippen LogP contribution in [0.15, 0.2) is 48.9 Å².